The topological polar surface area (TPSA) is 39.2 Å². The maximum Gasteiger partial charge on any atom is 0.317 e. The smallest absolute Gasteiger partial charge is 0.317 e. The summed E-state index contributed by atoms with van der Waals surface area (Å²) in [5.41, 5.74) is 1.65. The number of benzene rings is 1. The molecule has 0 saturated heterocycles. The number of fused-ring (bicyclic) bond motifs is 1. The first kappa shape index (κ1) is 12.4. The van der Waals surface area contributed by atoms with Gasteiger partial charge in [0, 0.05) is 10.9 Å². The summed E-state index contributed by atoms with van der Waals surface area (Å²) < 4.78 is 4.51. The second kappa shape index (κ2) is 5.52. The molecule has 90 valence electrons. The minimum Gasteiger partial charge on any atom is -0.468 e. The predicted molar refractivity (Wildman–Crippen MR) is 70.3 cm³/mol. The lowest BCUT2D eigenvalue weighted by Gasteiger charge is -1.98. The molecule has 0 saturated carbocycles. The van der Waals surface area contributed by atoms with Gasteiger partial charge in [-0.05, 0) is 30.3 Å². The van der Waals surface area contributed by atoms with E-state index in [1.54, 1.807) is 6.07 Å². The molecule has 0 aliphatic heterocycles. The van der Waals surface area contributed by atoms with Gasteiger partial charge in [0.2, 0.25) is 0 Å². The van der Waals surface area contributed by atoms with Crippen LogP contribution < -0.4 is 0 Å². The van der Waals surface area contributed by atoms with Crippen molar-refractivity contribution < 1.29 is 9.53 Å². The maximum atomic E-state index is 10.9. The van der Waals surface area contributed by atoms with E-state index < -0.39 is 0 Å². The quantitative estimate of drug-likeness (QED) is 0.449. The van der Waals surface area contributed by atoms with Crippen LogP contribution in [-0.2, 0) is 9.53 Å². The fraction of sp³-hybridized carbons (Fsp3) is 0.143. The summed E-state index contributed by atoms with van der Waals surface area (Å²) in [5, 5.41) is 1.43. The van der Waals surface area contributed by atoms with E-state index in [-0.39, 0.29) is 12.4 Å². The number of hydrogen-bond acceptors (Lipinski definition) is 3. The number of hydrogen-bond donors (Lipinski definition) is 0. The third-order valence-corrected chi connectivity index (χ3v) is 2.56. The fourth-order valence-corrected chi connectivity index (χ4v) is 1.62. The number of ether oxygens (including phenoxy) is 1. The van der Waals surface area contributed by atoms with Crippen LogP contribution in [0.4, 0.5) is 0 Å². The van der Waals surface area contributed by atoms with Crippen LogP contribution in [0.5, 0.6) is 0 Å². The van der Waals surface area contributed by atoms with E-state index in [0.717, 1.165) is 16.5 Å². The van der Waals surface area contributed by atoms with E-state index in [1.165, 1.54) is 7.11 Å². The van der Waals surface area contributed by atoms with Crippen LogP contribution in [0.25, 0.3) is 10.9 Å². The molecule has 2 rings (SSSR count). The Balaban J connectivity index is 2.25. The molecule has 18 heavy (non-hydrogen) atoms. The number of methoxy groups -OCH3 is 1. The van der Waals surface area contributed by atoms with E-state index in [9.17, 15) is 4.79 Å². The minimum absolute atomic E-state index is 0.0907. The monoisotopic (exact) mass is 259 g/mol. The predicted octanol–water partition coefficient (Wildman–Crippen LogP) is 2.80. The van der Waals surface area contributed by atoms with Gasteiger partial charge in [0.25, 0.3) is 0 Å². The molecule has 0 radical (unpaired) electrons. The van der Waals surface area contributed by atoms with Crippen LogP contribution in [0.15, 0.2) is 30.3 Å². The highest BCUT2D eigenvalue weighted by molar-refractivity contribution is 6.29. The minimum atomic E-state index is -0.336. The average molecular weight is 260 g/mol. The van der Waals surface area contributed by atoms with E-state index in [2.05, 4.69) is 21.6 Å². The van der Waals surface area contributed by atoms with Gasteiger partial charge in [-0.15, -0.1) is 0 Å². The lowest BCUT2D eigenvalue weighted by Crippen LogP contribution is -1.96. The number of carbonyl (C=O) groups excluding carboxylic acids is 1. The first-order valence-corrected chi connectivity index (χ1v) is 5.69. The van der Waals surface area contributed by atoms with Crippen molar-refractivity contribution in [3.05, 3.63) is 41.0 Å². The second-order valence-corrected chi connectivity index (χ2v) is 3.98. The van der Waals surface area contributed by atoms with Crippen molar-refractivity contribution in [2.75, 3.05) is 7.11 Å². The van der Waals surface area contributed by atoms with E-state index >= 15 is 0 Å². The summed E-state index contributed by atoms with van der Waals surface area (Å²) in [6.07, 6.45) is 0.0907. The molecule has 1 aromatic heterocycles. The number of aromatic nitrogens is 1. The lowest BCUT2D eigenvalue weighted by atomic mass is 10.1. The van der Waals surface area contributed by atoms with Crippen LogP contribution in [0.2, 0.25) is 5.15 Å². The Morgan fingerprint density at radius 3 is 3.00 bits per heavy atom. The number of rotatable bonds is 1. The van der Waals surface area contributed by atoms with Gasteiger partial charge in [0.1, 0.15) is 11.6 Å². The normalized spacial score (nSPS) is 9.67. The molecule has 1 heterocycles. The van der Waals surface area contributed by atoms with Crippen molar-refractivity contribution in [3.8, 4) is 11.8 Å². The molecule has 0 aliphatic rings. The van der Waals surface area contributed by atoms with Crippen molar-refractivity contribution in [2.45, 2.75) is 6.42 Å². The number of pyridine rings is 1. The van der Waals surface area contributed by atoms with Crippen LogP contribution >= 0.6 is 11.6 Å². The van der Waals surface area contributed by atoms with E-state index in [0.29, 0.717) is 5.15 Å². The van der Waals surface area contributed by atoms with Gasteiger partial charge >= 0.3 is 5.97 Å². The first-order valence-electron chi connectivity index (χ1n) is 5.31. The van der Waals surface area contributed by atoms with Gasteiger partial charge in [-0.2, -0.15) is 0 Å². The summed E-state index contributed by atoms with van der Waals surface area (Å²) in [7, 11) is 1.34. The van der Waals surface area contributed by atoms with Crippen LogP contribution in [0.3, 0.4) is 0 Å². The average Bonchev–Trinajstić information content (AvgIpc) is 2.38. The Labute approximate surface area is 110 Å². The molecule has 0 fully saturated rings. The summed E-state index contributed by atoms with van der Waals surface area (Å²) in [6, 6.07) is 9.22. The highest BCUT2D eigenvalue weighted by Crippen LogP contribution is 2.16. The maximum absolute atomic E-state index is 10.9. The molecular formula is C14H10ClNO2. The van der Waals surface area contributed by atoms with E-state index in [1.807, 2.05) is 24.3 Å². The Bertz CT molecular complexity index is 656. The van der Waals surface area contributed by atoms with E-state index in [4.69, 9.17) is 11.6 Å². The molecule has 0 unspecified atom stereocenters. The van der Waals surface area contributed by atoms with Gasteiger partial charge in [0.15, 0.2) is 0 Å². The third-order valence-electron chi connectivity index (χ3n) is 2.35. The van der Waals surface area contributed by atoms with Crippen molar-refractivity contribution in [1.82, 2.24) is 4.98 Å². The summed E-state index contributed by atoms with van der Waals surface area (Å²) in [6.45, 7) is 0. The Morgan fingerprint density at radius 2 is 2.22 bits per heavy atom. The number of nitrogens with zero attached hydrogens (tertiary/aromatic N) is 1. The number of carbonyl (C=O) groups is 1. The number of esters is 1. The van der Waals surface area contributed by atoms with Crippen LogP contribution in [-0.4, -0.2) is 18.1 Å². The van der Waals surface area contributed by atoms with Crippen molar-refractivity contribution in [3.63, 3.8) is 0 Å². The van der Waals surface area contributed by atoms with Gasteiger partial charge in [-0.25, -0.2) is 4.98 Å². The zero-order valence-corrected chi connectivity index (χ0v) is 10.5. The number of halogens is 1. The van der Waals surface area contributed by atoms with Gasteiger partial charge in [0.05, 0.1) is 12.6 Å². The molecule has 0 amide bonds. The Morgan fingerprint density at radius 1 is 1.39 bits per heavy atom. The second-order valence-electron chi connectivity index (χ2n) is 3.60. The highest BCUT2D eigenvalue weighted by atomic mass is 35.5. The van der Waals surface area contributed by atoms with Crippen molar-refractivity contribution in [1.29, 1.82) is 0 Å². The fourth-order valence-electron chi connectivity index (χ4n) is 1.47. The van der Waals surface area contributed by atoms with Gasteiger partial charge in [-0.3, -0.25) is 4.79 Å². The largest absolute Gasteiger partial charge is 0.468 e. The van der Waals surface area contributed by atoms with Crippen LogP contribution in [0, 0.1) is 11.8 Å². The van der Waals surface area contributed by atoms with Gasteiger partial charge < -0.3 is 4.74 Å². The Kier molecular flexibility index (Phi) is 3.81. The molecule has 2 aromatic rings. The van der Waals surface area contributed by atoms with Crippen molar-refractivity contribution in [2.24, 2.45) is 0 Å². The molecular weight excluding hydrogens is 250 g/mol. The van der Waals surface area contributed by atoms with Crippen molar-refractivity contribution >= 4 is 28.5 Å². The molecule has 3 nitrogen and oxygen atoms in total. The molecule has 4 heteroatoms. The standard InChI is InChI=1S/C14H10ClNO2/c1-18-14(17)4-2-3-10-5-7-12-11(9-10)6-8-13(15)16-12/h5-9H,4H2,1H3. The molecule has 0 bridgehead atoms. The summed E-state index contributed by atoms with van der Waals surface area (Å²) in [4.78, 5) is 15.1. The molecule has 0 atom stereocenters. The zero-order chi connectivity index (χ0) is 13.0. The third kappa shape index (κ3) is 2.99. The molecule has 0 spiro atoms. The molecule has 1 aromatic carbocycles. The SMILES string of the molecule is COC(=O)CC#Cc1ccc2nc(Cl)ccc2c1. The van der Waals surface area contributed by atoms with Crippen LogP contribution in [0.1, 0.15) is 12.0 Å². The Hall–Kier alpha value is -2.05. The highest BCUT2D eigenvalue weighted by Gasteiger charge is 1.98. The molecule has 0 N–H and O–H groups in total. The lowest BCUT2D eigenvalue weighted by molar-refractivity contribution is -0.139. The summed E-state index contributed by atoms with van der Waals surface area (Å²) in [5.74, 6) is 5.33. The first-order chi connectivity index (χ1) is 8.69. The zero-order valence-electron chi connectivity index (χ0n) is 9.74. The van der Waals surface area contributed by atoms with Gasteiger partial charge in [-0.1, -0.05) is 23.4 Å². The molecule has 0 aliphatic carbocycles. The summed E-state index contributed by atoms with van der Waals surface area (Å²) >= 11 is 5.80.